The monoisotopic (exact) mass is 326 g/mol. The minimum Gasteiger partial charge on any atom is -0.497 e. The van der Waals surface area contributed by atoms with Gasteiger partial charge in [-0.15, -0.1) is 0 Å². The maximum atomic E-state index is 6.17. The van der Waals surface area contributed by atoms with E-state index in [1.54, 1.807) is 20.3 Å². The zero-order valence-electron chi connectivity index (χ0n) is 12.8. The molecule has 116 valence electrons. The van der Waals surface area contributed by atoms with E-state index in [1.165, 1.54) is 0 Å². The molecule has 5 heteroatoms. The Labute approximate surface area is 139 Å². The Balaban J connectivity index is 2.04. The van der Waals surface area contributed by atoms with Crippen LogP contribution in [-0.2, 0) is 0 Å². The molecule has 0 fully saturated rings. The Morgan fingerprint density at radius 1 is 0.783 bits per heavy atom. The lowest BCUT2D eigenvalue weighted by molar-refractivity contribution is 0.415. The summed E-state index contributed by atoms with van der Waals surface area (Å²) in [4.78, 5) is 8.93. The van der Waals surface area contributed by atoms with Crippen LogP contribution in [0.15, 0.2) is 54.6 Å². The van der Waals surface area contributed by atoms with Gasteiger partial charge < -0.3 is 9.47 Å². The van der Waals surface area contributed by atoms with Gasteiger partial charge >= 0.3 is 0 Å². The molecule has 2 aromatic carbocycles. The van der Waals surface area contributed by atoms with Crippen molar-refractivity contribution in [3.05, 3.63) is 59.8 Å². The highest BCUT2D eigenvalue weighted by atomic mass is 35.5. The third kappa shape index (κ3) is 3.43. The minimum absolute atomic E-state index is 0.392. The summed E-state index contributed by atoms with van der Waals surface area (Å²) in [6.45, 7) is 0. The summed E-state index contributed by atoms with van der Waals surface area (Å²) in [6.07, 6.45) is 0. The fourth-order valence-electron chi connectivity index (χ4n) is 2.22. The van der Waals surface area contributed by atoms with E-state index in [0.29, 0.717) is 11.0 Å². The van der Waals surface area contributed by atoms with Crippen molar-refractivity contribution in [2.75, 3.05) is 14.2 Å². The van der Waals surface area contributed by atoms with Crippen LogP contribution in [0.1, 0.15) is 0 Å². The molecule has 0 N–H and O–H groups in total. The molecule has 23 heavy (non-hydrogen) atoms. The van der Waals surface area contributed by atoms with Crippen LogP contribution >= 0.6 is 11.6 Å². The lowest BCUT2D eigenvalue weighted by Gasteiger charge is -2.07. The first-order valence-electron chi connectivity index (χ1n) is 7.03. The molecule has 3 rings (SSSR count). The average Bonchev–Trinajstić information content (AvgIpc) is 2.61. The van der Waals surface area contributed by atoms with E-state index in [0.717, 1.165) is 28.3 Å². The maximum Gasteiger partial charge on any atom is 0.161 e. The normalized spacial score (nSPS) is 10.4. The van der Waals surface area contributed by atoms with Gasteiger partial charge in [0.1, 0.15) is 16.7 Å². The lowest BCUT2D eigenvalue weighted by Crippen LogP contribution is -1.94. The van der Waals surface area contributed by atoms with Gasteiger partial charge in [-0.1, -0.05) is 23.7 Å². The third-order valence-corrected chi connectivity index (χ3v) is 3.60. The van der Waals surface area contributed by atoms with Gasteiger partial charge in [-0.05, 0) is 36.4 Å². The van der Waals surface area contributed by atoms with Crippen LogP contribution in [0, 0.1) is 0 Å². The van der Waals surface area contributed by atoms with Crippen LogP contribution in [0.25, 0.3) is 22.6 Å². The number of nitrogens with zero attached hydrogens (tertiary/aromatic N) is 2. The van der Waals surface area contributed by atoms with Crippen molar-refractivity contribution in [2.45, 2.75) is 0 Å². The highest BCUT2D eigenvalue weighted by molar-refractivity contribution is 6.29. The molecule has 0 aliphatic rings. The highest BCUT2D eigenvalue weighted by Crippen LogP contribution is 2.27. The van der Waals surface area contributed by atoms with E-state index in [9.17, 15) is 0 Å². The maximum absolute atomic E-state index is 6.17. The molecule has 0 aliphatic carbocycles. The van der Waals surface area contributed by atoms with Crippen molar-refractivity contribution in [3.63, 3.8) is 0 Å². The second kappa shape index (κ2) is 6.67. The van der Waals surface area contributed by atoms with E-state index in [4.69, 9.17) is 21.1 Å². The second-order valence-corrected chi connectivity index (χ2v) is 5.25. The molecule has 0 atom stereocenters. The molecule has 4 nitrogen and oxygen atoms in total. The number of hydrogen-bond donors (Lipinski definition) is 0. The van der Waals surface area contributed by atoms with Crippen LogP contribution in [-0.4, -0.2) is 24.2 Å². The SMILES string of the molecule is COc1ccc(-c2cc(Cl)nc(-c3cccc(OC)c3)n2)cc1. The summed E-state index contributed by atoms with van der Waals surface area (Å²) >= 11 is 6.17. The van der Waals surface area contributed by atoms with Crippen molar-refractivity contribution in [2.24, 2.45) is 0 Å². The standard InChI is InChI=1S/C18H15ClN2O2/c1-22-14-8-6-12(7-9-14)16-11-17(19)21-18(20-16)13-4-3-5-15(10-13)23-2/h3-11H,1-2H3. The van der Waals surface area contributed by atoms with Crippen LogP contribution in [0.2, 0.25) is 5.15 Å². The molecule has 0 bridgehead atoms. The molecule has 0 saturated carbocycles. The Bertz CT molecular complexity index is 820. The highest BCUT2D eigenvalue weighted by Gasteiger charge is 2.09. The number of aromatic nitrogens is 2. The predicted molar refractivity (Wildman–Crippen MR) is 91.0 cm³/mol. The van der Waals surface area contributed by atoms with Crippen molar-refractivity contribution in [1.29, 1.82) is 0 Å². The van der Waals surface area contributed by atoms with E-state index in [1.807, 2.05) is 48.5 Å². The summed E-state index contributed by atoms with van der Waals surface area (Å²) in [5.74, 6) is 2.10. The van der Waals surface area contributed by atoms with E-state index in [2.05, 4.69) is 9.97 Å². The van der Waals surface area contributed by atoms with Crippen molar-refractivity contribution in [3.8, 4) is 34.1 Å². The molecular weight excluding hydrogens is 312 g/mol. The van der Waals surface area contributed by atoms with Crippen LogP contribution in [0.4, 0.5) is 0 Å². The van der Waals surface area contributed by atoms with Gasteiger partial charge in [0.2, 0.25) is 0 Å². The first-order chi connectivity index (χ1) is 11.2. The Kier molecular flexibility index (Phi) is 4.44. The van der Waals surface area contributed by atoms with Crippen LogP contribution < -0.4 is 9.47 Å². The zero-order valence-corrected chi connectivity index (χ0v) is 13.5. The van der Waals surface area contributed by atoms with Crippen LogP contribution in [0.5, 0.6) is 11.5 Å². The summed E-state index contributed by atoms with van der Waals surface area (Å²) in [7, 11) is 3.26. The molecule has 0 unspecified atom stereocenters. The summed E-state index contributed by atoms with van der Waals surface area (Å²) < 4.78 is 10.4. The van der Waals surface area contributed by atoms with Gasteiger partial charge in [0.05, 0.1) is 19.9 Å². The number of methoxy groups -OCH3 is 2. The Hall–Kier alpha value is -2.59. The summed E-state index contributed by atoms with van der Waals surface area (Å²) in [5.41, 5.74) is 2.55. The zero-order chi connectivity index (χ0) is 16.2. The number of ether oxygens (including phenoxy) is 2. The molecule has 0 amide bonds. The quantitative estimate of drug-likeness (QED) is 0.663. The molecule has 1 heterocycles. The fourth-order valence-corrected chi connectivity index (χ4v) is 2.40. The van der Waals surface area contributed by atoms with Crippen molar-refractivity contribution in [1.82, 2.24) is 9.97 Å². The van der Waals surface area contributed by atoms with E-state index in [-0.39, 0.29) is 0 Å². The first kappa shape index (κ1) is 15.3. The van der Waals surface area contributed by atoms with Gasteiger partial charge in [-0.2, -0.15) is 0 Å². The summed E-state index contributed by atoms with van der Waals surface area (Å²) in [6, 6.07) is 17.0. The second-order valence-electron chi connectivity index (χ2n) is 4.86. The molecular formula is C18H15ClN2O2. The molecule has 3 aromatic rings. The van der Waals surface area contributed by atoms with Gasteiger partial charge in [0, 0.05) is 17.2 Å². The molecule has 1 aromatic heterocycles. The third-order valence-electron chi connectivity index (χ3n) is 3.41. The van der Waals surface area contributed by atoms with Gasteiger partial charge in [0.25, 0.3) is 0 Å². The number of hydrogen-bond acceptors (Lipinski definition) is 4. The smallest absolute Gasteiger partial charge is 0.161 e. The molecule has 0 aliphatic heterocycles. The number of benzene rings is 2. The molecule has 0 spiro atoms. The van der Waals surface area contributed by atoms with Crippen LogP contribution in [0.3, 0.4) is 0 Å². The molecule has 0 saturated heterocycles. The Morgan fingerprint density at radius 3 is 2.22 bits per heavy atom. The van der Waals surface area contributed by atoms with E-state index < -0.39 is 0 Å². The average molecular weight is 327 g/mol. The van der Waals surface area contributed by atoms with Crippen molar-refractivity contribution < 1.29 is 9.47 Å². The molecule has 0 radical (unpaired) electrons. The number of halogens is 1. The largest absolute Gasteiger partial charge is 0.497 e. The topological polar surface area (TPSA) is 44.2 Å². The van der Waals surface area contributed by atoms with Gasteiger partial charge in [-0.25, -0.2) is 9.97 Å². The lowest BCUT2D eigenvalue weighted by atomic mass is 10.1. The Morgan fingerprint density at radius 2 is 1.52 bits per heavy atom. The first-order valence-corrected chi connectivity index (χ1v) is 7.41. The van der Waals surface area contributed by atoms with Gasteiger partial charge in [0.15, 0.2) is 5.82 Å². The van der Waals surface area contributed by atoms with E-state index >= 15 is 0 Å². The summed E-state index contributed by atoms with van der Waals surface area (Å²) in [5, 5.41) is 0.392. The van der Waals surface area contributed by atoms with Gasteiger partial charge in [-0.3, -0.25) is 0 Å². The number of rotatable bonds is 4. The minimum atomic E-state index is 0.392. The fraction of sp³-hybridized carbons (Fsp3) is 0.111. The van der Waals surface area contributed by atoms with Crippen molar-refractivity contribution >= 4 is 11.6 Å². The predicted octanol–water partition coefficient (Wildman–Crippen LogP) is 4.48.